The molecule has 0 aromatic heterocycles. The van der Waals surface area contributed by atoms with Crippen molar-refractivity contribution in [1.29, 1.82) is 0 Å². The number of methoxy groups -OCH3 is 1. The molecule has 1 amide bonds. The molecule has 0 aliphatic heterocycles. The van der Waals surface area contributed by atoms with E-state index in [2.05, 4.69) is 5.32 Å². The summed E-state index contributed by atoms with van der Waals surface area (Å²) in [5.41, 5.74) is 1.25. The first kappa shape index (κ1) is 18.7. The monoisotopic (exact) mass is 370 g/mol. The van der Waals surface area contributed by atoms with Crippen molar-refractivity contribution in [2.75, 3.05) is 13.7 Å². The molecule has 1 aliphatic rings. The number of nitrogens with one attached hydrogen (secondary N) is 1. The second-order valence-electron chi connectivity index (χ2n) is 6.65. The molecule has 2 aromatic rings. The summed E-state index contributed by atoms with van der Waals surface area (Å²) in [6.45, 7) is 1.85. The van der Waals surface area contributed by atoms with E-state index in [0.29, 0.717) is 23.0 Å². The zero-order chi connectivity index (χ0) is 19.4. The molecule has 1 saturated carbocycles. The molecule has 27 heavy (non-hydrogen) atoms. The molecule has 1 aliphatic carbocycles. The number of rotatable bonds is 8. The van der Waals surface area contributed by atoms with Crippen LogP contribution in [0.1, 0.15) is 19.8 Å². The van der Waals surface area contributed by atoms with Gasteiger partial charge < -0.3 is 14.8 Å². The lowest BCUT2D eigenvalue weighted by molar-refractivity contribution is -0.384. The minimum atomic E-state index is -0.458. The van der Waals surface area contributed by atoms with E-state index in [1.807, 2.05) is 6.92 Å². The molecular weight excluding hydrogens is 348 g/mol. The number of ether oxygens (including phenoxy) is 2. The van der Waals surface area contributed by atoms with Crippen molar-refractivity contribution in [2.45, 2.75) is 25.8 Å². The largest absolute Gasteiger partial charge is 0.497 e. The lowest BCUT2D eigenvalue weighted by Gasteiger charge is -2.15. The Morgan fingerprint density at radius 1 is 1.26 bits per heavy atom. The zero-order valence-electron chi connectivity index (χ0n) is 15.3. The van der Waals surface area contributed by atoms with Gasteiger partial charge in [0.15, 0.2) is 6.61 Å². The highest BCUT2D eigenvalue weighted by Gasteiger charge is 2.29. The van der Waals surface area contributed by atoms with Gasteiger partial charge in [-0.05, 0) is 49.4 Å². The van der Waals surface area contributed by atoms with Crippen molar-refractivity contribution in [3.63, 3.8) is 0 Å². The molecular formula is C20H22N2O5. The Labute approximate surface area is 157 Å². The van der Waals surface area contributed by atoms with Crippen LogP contribution in [0.4, 0.5) is 5.69 Å². The summed E-state index contributed by atoms with van der Waals surface area (Å²) in [6.07, 6.45) is 2.29. The molecule has 2 aromatic carbocycles. The predicted molar refractivity (Wildman–Crippen MR) is 101 cm³/mol. The summed E-state index contributed by atoms with van der Waals surface area (Å²) < 4.78 is 10.8. The fourth-order valence-electron chi connectivity index (χ4n) is 2.91. The predicted octanol–water partition coefficient (Wildman–Crippen LogP) is 3.56. The van der Waals surface area contributed by atoms with Crippen molar-refractivity contribution >= 4 is 11.6 Å². The van der Waals surface area contributed by atoms with E-state index < -0.39 is 4.92 Å². The van der Waals surface area contributed by atoms with Crippen LogP contribution < -0.4 is 14.8 Å². The van der Waals surface area contributed by atoms with Gasteiger partial charge in [0, 0.05) is 23.7 Å². The van der Waals surface area contributed by atoms with Gasteiger partial charge in [0.1, 0.15) is 11.5 Å². The van der Waals surface area contributed by atoms with Gasteiger partial charge >= 0.3 is 0 Å². The van der Waals surface area contributed by atoms with Crippen LogP contribution in [0.25, 0.3) is 11.1 Å². The van der Waals surface area contributed by atoms with Crippen LogP contribution in [0.3, 0.4) is 0 Å². The molecule has 0 spiro atoms. The van der Waals surface area contributed by atoms with Crippen molar-refractivity contribution in [3.05, 3.63) is 52.6 Å². The van der Waals surface area contributed by atoms with Crippen LogP contribution >= 0.6 is 0 Å². The SMILES string of the molecule is COc1ccc(-c2cc([N+](=O)[O-])ccc2OCC(=O)N[C@H](C)C2CC2)cc1. The second kappa shape index (κ2) is 8.07. The molecule has 0 unspecified atom stereocenters. The molecule has 3 rings (SSSR count). The van der Waals surface area contributed by atoms with Gasteiger partial charge in [0.25, 0.3) is 11.6 Å². The zero-order valence-corrected chi connectivity index (χ0v) is 15.3. The number of hydrogen-bond acceptors (Lipinski definition) is 5. The summed E-state index contributed by atoms with van der Waals surface area (Å²) in [7, 11) is 1.57. The number of carbonyl (C=O) groups excluding carboxylic acids is 1. The van der Waals surface area contributed by atoms with Crippen molar-refractivity contribution in [3.8, 4) is 22.6 Å². The quantitative estimate of drug-likeness (QED) is 0.567. The number of hydrogen-bond donors (Lipinski definition) is 1. The average Bonchev–Trinajstić information content (AvgIpc) is 3.51. The van der Waals surface area contributed by atoms with Crippen molar-refractivity contribution in [1.82, 2.24) is 5.32 Å². The molecule has 0 radical (unpaired) electrons. The maximum atomic E-state index is 12.1. The summed E-state index contributed by atoms with van der Waals surface area (Å²) in [6, 6.07) is 11.6. The lowest BCUT2D eigenvalue weighted by Crippen LogP contribution is -2.37. The summed E-state index contributed by atoms with van der Waals surface area (Å²) in [5.74, 6) is 1.46. The maximum absolute atomic E-state index is 12.1. The number of nitro groups is 1. The summed E-state index contributed by atoms with van der Waals surface area (Å²) in [4.78, 5) is 22.8. The third kappa shape index (κ3) is 4.75. The van der Waals surface area contributed by atoms with E-state index in [1.54, 1.807) is 31.4 Å². The van der Waals surface area contributed by atoms with Crippen LogP contribution in [0.2, 0.25) is 0 Å². The Kier molecular flexibility index (Phi) is 5.59. The van der Waals surface area contributed by atoms with Gasteiger partial charge in [-0.1, -0.05) is 12.1 Å². The minimum absolute atomic E-state index is 0.0417. The fourth-order valence-corrected chi connectivity index (χ4v) is 2.91. The van der Waals surface area contributed by atoms with Gasteiger partial charge in [0.05, 0.1) is 12.0 Å². The molecule has 0 bridgehead atoms. The first-order chi connectivity index (χ1) is 13.0. The molecule has 0 heterocycles. The topological polar surface area (TPSA) is 90.7 Å². The number of non-ortho nitro benzene ring substituents is 1. The Balaban J connectivity index is 1.78. The van der Waals surface area contributed by atoms with Crippen LogP contribution in [0, 0.1) is 16.0 Å². The second-order valence-corrected chi connectivity index (χ2v) is 6.65. The smallest absolute Gasteiger partial charge is 0.270 e. The molecule has 1 N–H and O–H groups in total. The molecule has 1 fully saturated rings. The third-order valence-electron chi connectivity index (χ3n) is 4.65. The third-order valence-corrected chi connectivity index (χ3v) is 4.65. The molecule has 7 nitrogen and oxygen atoms in total. The van der Waals surface area contributed by atoms with Crippen LogP contribution in [-0.4, -0.2) is 30.6 Å². The Morgan fingerprint density at radius 2 is 1.96 bits per heavy atom. The van der Waals surface area contributed by atoms with Gasteiger partial charge in [-0.3, -0.25) is 14.9 Å². The van der Waals surface area contributed by atoms with E-state index >= 15 is 0 Å². The van der Waals surface area contributed by atoms with Gasteiger partial charge in [-0.25, -0.2) is 0 Å². The highest BCUT2D eigenvalue weighted by Crippen LogP contribution is 2.35. The maximum Gasteiger partial charge on any atom is 0.270 e. The van der Waals surface area contributed by atoms with Crippen molar-refractivity contribution < 1.29 is 19.2 Å². The fraction of sp³-hybridized carbons (Fsp3) is 0.350. The summed E-state index contributed by atoms with van der Waals surface area (Å²) in [5, 5.41) is 14.1. The summed E-state index contributed by atoms with van der Waals surface area (Å²) >= 11 is 0. The van der Waals surface area contributed by atoms with Gasteiger partial charge in [0.2, 0.25) is 0 Å². The van der Waals surface area contributed by atoms with Crippen molar-refractivity contribution in [2.24, 2.45) is 5.92 Å². The molecule has 0 saturated heterocycles. The van der Waals surface area contributed by atoms with E-state index in [0.717, 1.165) is 18.4 Å². The lowest BCUT2D eigenvalue weighted by atomic mass is 10.0. The Hall–Kier alpha value is -3.09. The number of amides is 1. The number of benzene rings is 2. The number of nitro benzene ring substituents is 1. The highest BCUT2D eigenvalue weighted by atomic mass is 16.6. The first-order valence-electron chi connectivity index (χ1n) is 8.83. The average molecular weight is 370 g/mol. The standard InChI is InChI=1S/C20H22N2O5/c1-13(14-3-4-14)21-20(23)12-27-19-10-7-16(22(24)25)11-18(19)15-5-8-17(26-2)9-6-15/h5-11,13-14H,3-4,12H2,1-2H3,(H,21,23)/t13-/m1/s1. The Morgan fingerprint density at radius 3 is 2.56 bits per heavy atom. The van der Waals surface area contributed by atoms with Gasteiger partial charge in [-0.2, -0.15) is 0 Å². The molecule has 142 valence electrons. The normalized spacial score (nSPS) is 14.3. The molecule has 7 heteroatoms. The number of carbonyl (C=O) groups is 1. The van der Waals surface area contributed by atoms with Gasteiger partial charge in [-0.15, -0.1) is 0 Å². The highest BCUT2D eigenvalue weighted by molar-refractivity contribution is 5.79. The Bertz CT molecular complexity index is 831. The number of nitrogens with zero attached hydrogens (tertiary/aromatic N) is 1. The van der Waals surface area contributed by atoms with E-state index in [-0.39, 0.29) is 24.2 Å². The molecule has 1 atom stereocenters. The first-order valence-corrected chi connectivity index (χ1v) is 8.83. The van der Waals surface area contributed by atoms with Crippen LogP contribution in [-0.2, 0) is 4.79 Å². The van der Waals surface area contributed by atoms with E-state index in [9.17, 15) is 14.9 Å². The van der Waals surface area contributed by atoms with E-state index in [1.165, 1.54) is 18.2 Å². The van der Waals surface area contributed by atoms with Crippen LogP contribution in [0.15, 0.2) is 42.5 Å². The van der Waals surface area contributed by atoms with E-state index in [4.69, 9.17) is 9.47 Å². The van der Waals surface area contributed by atoms with Crippen LogP contribution in [0.5, 0.6) is 11.5 Å². The minimum Gasteiger partial charge on any atom is -0.497 e.